The van der Waals surface area contributed by atoms with E-state index >= 15 is 0 Å². The van der Waals surface area contributed by atoms with Gasteiger partial charge in [0, 0.05) is 31.0 Å². The van der Waals surface area contributed by atoms with Gasteiger partial charge >= 0.3 is 0 Å². The highest BCUT2D eigenvalue weighted by atomic mass is 16.2. The molecular weight excluding hydrogens is 206 g/mol. The van der Waals surface area contributed by atoms with Crippen molar-refractivity contribution in [3.8, 4) is 0 Å². The molecule has 2 fully saturated rings. The molecule has 0 aromatic heterocycles. The SMILES string of the molecule is NC1(CC(=O)NC2CCC(=O)NC2)CCC1. The minimum atomic E-state index is -0.262. The van der Waals surface area contributed by atoms with Crippen molar-refractivity contribution in [2.24, 2.45) is 5.73 Å². The number of hydrogen-bond acceptors (Lipinski definition) is 3. The van der Waals surface area contributed by atoms with Gasteiger partial charge in [0.25, 0.3) is 0 Å². The van der Waals surface area contributed by atoms with Gasteiger partial charge in [0.05, 0.1) is 0 Å². The molecule has 1 heterocycles. The van der Waals surface area contributed by atoms with Crippen molar-refractivity contribution in [2.45, 2.75) is 50.1 Å². The summed E-state index contributed by atoms with van der Waals surface area (Å²) >= 11 is 0. The summed E-state index contributed by atoms with van der Waals surface area (Å²) in [5.74, 6) is 0.0862. The second-order valence-corrected chi connectivity index (χ2v) is 5.00. The van der Waals surface area contributed by atoms with E-state index in [4.69, 9.17) is 5.73 Å². The maximum atomic E-state index is 11.7. The number of hydrogen-bond donors (Lipinski definition) is 3. The van der Waals surface area contributed by atoms with Crippen LogP contribution in [0.15, 0.2) is 0 Å². The highest BCUT2D eigenvalue weighted by Gasteiger charge is 2.35. The zero-order chi connectivity index (χ0) is 11.6. The lowest BCUT2D eigenvalue weighted by Crippen LogP contribution is -2.53. The fraction of sp³-hybridized carbons (Fsp3) is 0.818. The topological polar surface area (TPSA) is 84.2 Å². The van der Waals surface area contributed by atoms with Crippen LogP contribution in [0.5, 0.6) is 0 Å². The highest BCUT2D eigenvalue weighted by molar-refractivity contribution is 5.79. The summed E-state index contributed by atoms with van der Waals surface area (Å²) in [6.45, 7) is 0.544. The Kier molecular flexibility index (Phi) is 3.14. The molecule has 4 N–H and O–H groups in total. The first-order chi connectivity index (χ1) is 7.57. The molecule has 1 saturated carbocycles. The Balaban J connectivity index is 1.72. The summed E-state index contributed by atoms with van der Waals surface area (Å²) in [7, 11) is 0. The lowest BCUT2D eigenvalue weighted by molar-refractivity contribution is -0.126. The first-order valence-corrected chi connectivity index (χ1v) is 5.92. The predicted octanol–water partition coefficient (Wildman–Crippen LogP) is -0.347. The van der Waals surface area contributed by atoms with E-state index in [2.05, 4.69) is 10.6 Å². The molecule has 0 bridgehead atoms. The van der Waals surface area contributed by atoms with Crippen LogP contribution in [-0.2, 0) is 9.59 Å². The standard InChI is InChI=1S/C11H19N3O2/c12-11(4-1-5-11)6-10(16)14-8-2-3-9(15)13-7-8/h8H,1-7,12H2,(H,13,15)(H,14,16). The third kappa shape index (κ3) is 2.72. The monoisotopic (exact) mass is 225 g/mol. The van der Waals surface area contributed by atoms with Gasteiger partial charge < -0.3 is 16.4 Å². The molecule has 1 aliphatic heterocycles. The number of rotatable bonds is 3. The van der Waals surface area contributed by atoms with Crippen LogP contribution in [0.1, 0.15) is 38.5 Å². The van der Waals surface area contributed by atoms with Crippen molar-refractivity contribution in [3.05, 3.63) is 0 Å². The molecule has 2 amide bonds. The fourth-order valence-electron chi connectivity index (χ4n) is 2.26. The van der Waals surface area contributed by atoms with Gasteiger partial charge in [-0.3, -0.25) is 9.59 Å². The first-order valence-electron chi connectivity index (χ1n) is 5.92. The van der Waals surface area contributed by atoms with Gasteiger partial charge in [0.15, 0.2) is 0 Å². The van der Waals surface area contributed by atoms with Crippen molar-refractivity contribution < 1.29 is 9.59 Å². The van der Waals surface area contributed by atoms with E-state index in [1.807, 2.05) is 0 Å². The Labute approximate surface area is 95.1 Å². The lowest BCUT2D eigenvalue weighted by Gasteiger charge is -2.38. The number of carbonyl (C=O) groups excluding carboxylic acids is 2. The van der Waals surface area contributed by atoms with Crippen LogP contribution >= 0.6 is 0 Å². The maximum absolute atomic E-state index is 11.7. The van der Waals surface area contributed by atoms with E-state index in [1.54, 1.807) is 0 Å². The van der Waals surface area contributed by atoms with Gasteiger partial charge in [-0.05, 0) is 25.7 Å². The zero-order valence-electron chi connectivity index (χ0n) is 9.42. The molecule has 0 radical (unpaired) electrons. The van der Waals surface area contributed by atoms with Crippen molar-refractivity contribution in [3.63, 3.8) is 0 Å². The normalized spacial score (nSPS) is 27.8. The van der Waals surface area contributed by atoms with Gasteiger partial charge in [-0.25, -0.2) is 0 Å². The third-order valence-corrected chi connectivity index (χ3v) is 3.49. The van der Waals surface area contributed by atoms with Crippen LogP contribution in [0.4, 0.5) is 0 Å². The highest BCUT2D eigenvalue weighted by Crippen LogP contribution is 2.31. The van der Waals surface area contributed by atoms with Crippen LogP contribution in [0.2, 0.25) is 0 Å². The Morgan fingerprint density at radius 3 is 2.81 bits per heavy atom. The molecule has 0 aromatic rings. The Morgan fingerprint density at radius 2 is 2.31 bits per heavy atom. The summed E-state index contributed by atoms with van der Waals surface area (Å²) in [5, 5.41) is 5.67. The fourth-order valence-corrected chi connectivity index (χ4v) is 2.26. The van der Waals surface area contributed by atoms with E-state index < -0.39 is 0 Å². The molecule has 2 aliphatic rings. The quantitative estimate of drug-likeness (QED) is 0.614. The number of piperidine rings is 1. The second kappa shape index (κ2) is 4.41. The number of amides is 2. The molecule has 2 rings (SSSR count). The van der Waals surface area contributed by atoms with Gasteiger partial charge in [0.1, 0.15) is 0 Å². The van der Waals surface area contributed by atoms with Crippen LogP contribution in [-0.4, -0.2) is 29.9 Å². The molecule has 5 nitrogen and oxygen atoms in total. The number of carbonyl (C=O) groups is 2. The minimum Gasteiger partial charge on any atom is -0.354 e. The number of nitrogens with two attached hydrogens (primary N) is 1. The molecule has 1 aliphatic carbocycles. The van der Waals surface area contributed by atoms with Gasteiger partial charge in [-0.1, -0.05) is 0 Å². The van der Waals surface area contributed by atoms with E-state index in [-0.39, 0.29) is 23.4 Å². The Morgan fingerprint density at radius 1 is 1.56 bits per heavy atom. The predicted molar refractivity (Wildman–Crippen MR) is 59.6 cm³/mol. The van der Waals surface area contributed by atoms with Crippen LogP contribution in [0.25, 0.3) is 0 Å². The van der Waals surface area contributed by atoms with Gasteiger partial charge in [0.2, 0.25) is 11.8 Å². The lowest BCUT2D eigenvalue weighted by atomic mass is 9.75. The summed E-state index contributed by atoms with van der Waals surface area (Å²) < 4.78 is 0. The minimum absolute atomic E-state index is 0.0170. The largest absolute Gasteiger partial charge is 0.354 e. The van der Waals surface area contributed by atoms with Crippen LogP contribution in [0, 0.1) is 0 Å². The van der Waals surface area contributed by atoms with E-state index in [0.717, 1.165) is 25.7 Å². The van der Waals surface area contributed by atoms with E-state index in [9.17, 15) is 9.59 Å². The van der Waals surface area contributed by atoms with Gasteiger partial charge in [-0.2, -0.15) is 0 Å². The van der Waals surface area contributed by atoms with Gasteiger partial charge in [-0.15, -0.1) is 0 Å². The average molecular weight is 225 g/mol. The summed E-state index contributed by atoms with van der Waals surface area (Å²) in [6, 6.07) is 0.0777. The molecule has 0 aromatic carbocycles. The molecular formula is C11H19N3O2. The average Bonchev–Trinajstić information content (AvgIpc) is 2.19. The van der Waals surface area contributed by atoms with Crippen molar-refractivity contribution in [1.82, 2.24) is 10.6 Å². The first kappa shape index (κ1) is 11.4. The van der Waals surface area contributed by atoms with Crippen molar-refractivity contribution in [1.29, 1.82) is 0 Å². The Hall–Kier alpha value is -1.10. The van der Waals surface area contributed by atoms with Crippen LogP contribution in [0.3, 0.4) is 0 Å². The molecule has 1 unspecified atom stereocenters. The molecule has 16 heavy (non-hydrogen) atoms. The molecule has 5 heteroatoms. The molecule has 90 valence electrons. The van der Waals surface area contributed by atoms with Crippen molar-refractivity contribution in [2.75, 3.05) is 6.54 Å². The second-order valence-electron chi connectivity index (χ2n) is 5.00. The third-order valence-electron chi connectivity index (χ3n) is 3.49. The summed E-state index contributed by atoms with van der Waals surface area (Å²) in [4.78, 5) is 22.6. The summed E-state index contributed by atoms with van der Waals surface area (Å²) in [5.41, 5.74) is 5.74. The van der Waals surface area contributed by atoms with Crippen molar-refractivity contribution >= 4 is 11.8 Å². The maximum Gasteiger partial charge on any atom is 0.222 e. The Bertz CT molecular complexity index is 290. The van der Waals surface area contributed by atoms with Crippen LogP contribution < -0.4 is 16.4 Å². The number of nitrogens with one attached hydrogen (secondary N) is 2. The molecule has 0 spiro atoms. The smallest absolute Gasteiger partial charge is 0.222 e. The zero-order valence-corrected chi connectivity index (χ0v) is 9.42. The molecule has 1 atom stereocenters. The van der Waals surface area contributed by atoms with E-state index in [0.29, 0.717) is 19.4 Å². The molecule has 1 saturated heterocycles. The summed E-state index contributed by atoms with van der Waals surface area (Å²) in [6.07, 6.45) is 4.66. The van der Waals surface area contributed by atoms with E-state index in [1.165, 1.54) is 0 Å².